The van der Waals surface area contributed by atoms with Crippen LogP contribution in [0.4, 0.5) is 34.1 Å². The molecule has 0 N–H and O–H groups in total. The minimum absolute atomic E-state index is 0.0469. The fraction of sp³-hybridized carbons (Fsp3) is 0.0612. The third-order valence-electron chi connectivity index (χ3n) is 10.9. The molecule has 0 heterocycles. The molecular formula is C49H36N2. The van der Waals surface area contributed by atoms with Crippen LogP contribution in [0.3, 0.4) is 0 Å². The summed E-state index contributed by atoms with van der Waals surface area (Å²) in [6.07, 6.45) is 2.35. The lowest BCUT2D eigenvalue weighted by Gasteiger charge is -2.32. The van der Waals surface area contributed by atoms with Crippen molar-refractivity contribution < 1.29 is 0 Å². The summed E-state index contributed by atoms with van der Waals surface area (Å²) < 4.78 is 0. The van der Waals surface area contributed by atoms with E-state index in [1.54, 1.807) is 0 Å². The topological polar surface area (TPSA) is 6.48 Å². The van der Waals surface area contributed by atoms with Crippen molar-refractivity contribution in [2.24, 2.45) is 0 Å². The van der Waals surface area contributed by atoms with Crippen LogP contribution in [0.5, 0.6) is 0 Å². The van der Waals surface area contributed by atoms with E-state index in [1.165, 1.54) is 62.7 Å². The van der Waals surface area contributed by atoms with Gasteiger partial charge in [-0.15, -0.1) is 0 Å². The van der Waals surface area contributed by atoms with Gasteiger partial charge in [0.25, 0.3) is 0 Å². The fourth-order valence-electron chi connectivity index (χ4n) is 8.39. The first kappa shape index (κ1) is 29.5. The molecule has 1 saturated carbocycles. The van der Waals surface area contributed by atoms with Crippen LogP contribution >= 0.6 is 0 Å². The predicted molar refractivity (Wildman–Crippen MR) is 214 cm³/mol. The summed E-state index contributed by atoms with van der Waals surface area (Å²) in [7, 11) is 0. The van der Waals surface area contributed by atoms with Crippen molar-refractivity contribution in [1.29, 1.82) is 0 Å². The normalized spacial score (nSPS) is 13.5. The number of hydrogen-bond donors (Lipinski definition) is 0. The molecule has 1 fully saturated rings. The van der Waals surface area contributed by atoms with Crippen LogP contribution in [-0.2, 0) is 5.41 Å². The Kier molecular flexibility index (Phi) is 6.89. The Bertz CT molecular complexity index is 2420. The largest absolute Gasteiger partial charge is 0.311 e. The first-order chi connectivity index (χ1) is 25.3. The molecule has 242 valence electrons. The molecule has 0 bridgehead atoms. The van der Waals surface area contributed by atoms with Gasteiger partial charge >= 0.3 is 0 Å². The van der Waals surface area contributed by atoms with E-state index in [2.05, 4.69) is 204 Å². The molecule has 8 aromatic rings. The molecule has 2 aliphatic carbocycles. The molecule has 0 radical (unpaired) electrons. The summed E-state index contributed by atoms with van der Waals surface area (Å²) in [5.41, 5.74) is 15.1. The van der Waals surface area contributed by atoms with E-state index in [9.17, 15) is 0 Å². The zero-order valence-electron chi connectivity index (χ0n) is 28.3. The van der Waals surface area contributed by atoms with Crippen LogP contribution in [0, 0.1) is 0 Å². The standard InChI is InChI=1S/C49H36N2/c1-5-14-36(15-6-1)50(37-16-7-2-8-17-37)40-26-24-35(25-27-40)42-30-31-45-43-29-28-41(51(38-18-9-3-10-19-38)39-20-11-4-12-21-39)34-47(43)49(32-33-49)46-23-13-22-44(42)48(45)46/h1-31,34H,32-33H2. The van der Waals surface area contributed by atoms with Crippen LogP contribution in [0.1, 0.15) is 24.0 Å². The fourth-order valence-corrected chi connectivity index (χ4v) is 8.39. The number of anilines is 6. The van der Waals surface area contributed by atoms with E-state index in [1.807, 2.05) is 0 Å². The molecule has 0 aliphatic heterocycles. The van der Waals surface area contributed by atoms with E-state index < -0.39 is 0 Å². The van der Waals surface area contributed by atoms with Gasteiger partial charge in [-0.1, -0.05) is 121 Å². The number of benzene rings is 8. The highest BCUT2D eigenvalue weighted by Gasteiger charge is 2.50. The van der Waals surface area contributed by atoms with E-state index in [4.69, 9.17) is 0 Å². The second kappa shape index (κ2) is 11.9. The minimum atomic E-state index is 0.0469. The van der Waals surface area contributed by atoms with Gasteiger partial charge in [0.15, 0.2) is 0 Å². The molecule has 51 heavy (non-hydrogen) atoms. The lowest BCUT2D eigenvalue weighted by Crippen LogP contribution is -2.17. The van der Waals surface area contributed by atoms with Crippen molar-refractivity contribution in [3.63, 3.8) is 0 Å². The summed E-state index contributed by atoms with van der Waals surface area (Å²) in [4.78, 5) is 4.70. The SMILES string of the molecule is c1ccc(N(c2ccccc2)c2ccc(-c3ccc4c5c(cccc35)C3(CC3)c3cc(N(c5ccccc5)c5ccccc5)ccc3-4)cc2)cc1. The maximum absolute atomic E-state index is 2.47. The van der Waals surface area contributed by atoms with Gasteiger partial charge in [-0.05, 0) is 130 Å². The molecule has 10 rings (SSSR count). The Morgan fingerprint density at radius 2 is 0.784 bits per heavy atom. The van der Waals surface area contributed by atoms with Gasteiger partial charge in [0, 0.05) is 39.5 Å². The van der Waals surface area contributed by atoms with Gasteiger partial charge in [-0.3, -0.25) is 0 Å². The number of fused-ring (bicyclic) bond motifs is 4. The van der Waals surface area contributed by atoms with Gasteiger partial charge in [0.05, 0.1) is 0 Å². The second-order valence-corrected chi connectivity index (χ2v) is 13.8. The quantitative estimate of drug-likeness (QED) is 0.169. The Morgan fingerprint density at radius 3 is 1.31 bits per heavy atom. The van der Waals surface area contributed by atoms with Crippen LogP contribution in [0.15, 0.2) is 194 Å². The molecule has 1 spiro atoms. The van der Waals surface area contributed by atoms with E-state index in [-0.39, 0.29) is 5.41 Å². The lowest BCUT2D eigenvalue weighted by molar-refractivity contribution is 0.853. The first-order valence-electron chi connectivity index (χ1n) is 17.9. The first-order valence-corrected chi connectivity index (χ1v) is 17.9. The maximum Gasteiger partial charge on any atom is 0.0465 e. The van der Waals surface area contributed by atoms with E-state index in [0.717, 1.165) is 28.4 Å². The van der Waals surface area contributed by atoms with Gasteiger partial charge in [-0.2, -0.15) is 0 Å². The number of nitrogens with zero attached hydrogens (tertiary/aromatic N) is 2. The average Bonchev–Trinajstić information content (AvgIpc) is 4.01. The smallest absolute Gasteiger partial charge is 0.0465 e. The van der Waals surface area contributed by atoms with Crippen molar-refractivity contribution in [3.8, 4) is 22.3 Å². The highest BCUT2D eigenvalue weighted by molar-refractivity contribution is 6.10. The summed E-state index contributed by atoms with van der Waals surface area (Å²) in [6, 6.07) is 70.6. The third-order valence-corrected chi connectivity index (χ3v) is 10.9. The van der Waals surface area contributed by atoms with Crippen molar-refractivity contribution in [3.05, 3.63) is 205 Å². The Morgan fingerprint density at radius 1 is 0.333 bits per heavy atom. The van der Waals surface area contributed by atoms with Gasteiger partial charge < -0.3 is 9.80 Å². The summed E-state index contributed by atoms with van der Waals surface area (Å²) >= 11 is 0. The summed E-state index contributed by atoms with van der Waals surface area (Å²) in [5, 5.41) is 2.74. The van der Waals surface area contributed by atoms with Crippen LogP contribution in [-0.4, -0.2) is 0 Å². The molecule has 0 atom stereocenters. The molecule has 8 aromatic carbocycles. The number of hydrogen-bond acceptors (Lipinski definition) is 2. The summed E-state index contributed by atoms with van der Waals surface area (Å²) in [5.74, 6) is 0. The van der Waals surface area contributed by atoms with Crippen molar-refractivity contribution in [2.45, 2.75) is 18.3 Å². The lowest BCUT2D eigenvalue weighted by atomic mass is 9.73. The zero-order chi connectivity index (χ0) is 33.8. The predicted octanol–water partition coefficient (Wildman–Crippen LogP) is 13.5. The Labute approximate surface area is 299 Å². The molecule has 0 aromatic heterocycles. The van der Waals surface area contributed by atoms with Crippen molar-refractivity contribution in [1.82, 2.24) is 0 Å². The molecule has 0 saturated heterocycles. The molecule has 0 amide bonds. The van der Waals surface area contributed by atoms with Crippen LogP contribution < -0.4 is 9.80 Å². The number of rotatable bonds is 7. The monoisotopic (exact) mass is 652 g/mol. The van der Waals surface area contributed by atoms with Gasteiger partial charge in [0.1, 0.15) is 0 Å². The zero-order valence-corrected chi connectivity index (χ0v) is 28.3. The minimum Gasteiger partial charge on any atom is -0.311 e. The van der Waals surface area contributed by atoms with Gasteiger partial charge in [-0.25, -0.2) is 0 Å². The van der Waals surface area contributed by atoms with Crippen molar-refractivity contribution in [2.75, 3.05) is 9.80 Å². The van der Waals surface area contributed by atoms with Crippen LogP contribution in [0.2, 0.25) is 0 Å². The Hall–Kier alpha value is -6.38. The molecule has 2 heteroatoms. The third kappa shape index (κ3) is 4.87. The number of para-hydroxylation sites is 4. The molecule has 2 aliphatic rings. The van der Waals surface area contributed by atoms with Crippen molar-refractivity contribution >= 4 is 44.9 Å². The maximum atomic E-state index is 2.47. The molecular weight excluding hydrogens is 617 g/mol. The molecule has 0 unspecified atom stereocenters. The van der Waals surface area contributed by atoms with Crippen LogP contribution in [0.25, 0.3) is 33.0 Å². The summed E-state index contributed by atoms with van der Waals surface area (Å²) in [6.45, 7) is 0. The van der Waals surface area contributed by atoms with Gasteiger partial charge in [0.2, 0.25) is 0 Å². The molecule has 2 nitrogen and oxygen atoms in total. The highest BCUT2D eigenvalue weighted by Crippen LogP contribution is 2.62. The second-order valence-electron chi connectivity index (χ2n) is 13.8. The Balaban J connectivity index is 1.08. The highest BCUT2D eigenvalue weighted by atomic mass is 15.1. The van der Waals surface area contributed by atoms with E-state index in [0.29, 0.717) is 0 Å². The van der Waals surface area contributed by atoms with E-state index >= 15 is 0 Å². The average molecular weight is 653 g/mol.